The van der Waals surface area contributed by atoms with Gasteiger partial charge in [-0.15, -0.1) is 0 Å². The van der Waals surface area contributed by atoms with Crippen LogP contribution in [0.5, 0.6) is 11.5 Å². The van der Waals surface area contributed by atoms with Crippen LogP contribution in [0.1, 0.15) is 21.5 Å². The van der Waals surface area contributed by atoms with Crippen molar-refractivity contribution in [2.75, 3.05) is 13.7 Å². The van der Waals surface area contributed by atoms with E-state index in [1.807, 2.05) is 48.5 Å². The van der Waals surface area contributed by atoms with E-state index in [0.29, 0.717) is 41.7 Å². The lowest BCUT2D eigenvalue weighted by Crippen LogP contribution is -2.32. The van der Waals surface area contributed by atoms with Crippen molar-refractivity contribution in [2.24, 2.45) is 0 Å². The predicted octanol–water partition coefficient (Wildman–Crippen LogP) is 4.47. The fraction of sp³-hybridized carbons (Fsp3) is 0.167. The van der Waals surface area contributed by atoms with Crippen LogP contribution in [0.25, 0.3) is 0 Å². The van der Waals surface area contributed by atoms with Crippen molar-refractivity contribution < 1.29 is 19.1 Å². The Morgan fingerprint density at radius 3 is 2.33 bits per heavy atom. The molecule has 5 nitrogen and oxygen atoms in total. The Labute approximate surface area is 180 Å². The Balaban J connectivity index is 1.53. The van der Waals surface area contributed by atoms with Crippen molar-refractivity contribution in [3.05, 3.63) is 94.5 Å². The second-order valence-electron chi connectivity index (χ2n) is 6.60. The number of ether oxygens (including phenoxy) is 2. The molecule has 0 aliphatic heterocycles. The Morgan fingerprint density at radius 1 is 0.900 bits per heavy atom. The van der Waals surface area contributed by atoms with Gasteiger partial charge in [0.1, 0.15) is 6.61 Å². The Bertz CT molecular complexity index is 1000. The van der Waals surface area contributed by atoms with Crippen LogP contribution >= 0.6 is 11.6 Å². The number of benzene rings is 3. The number of ketones is 1. The summed E-state index contributed by atoms with van der Waals surface area (Å²) in [6.45, 7) is 0.769. The van der Waals surface area contributed by atoms with Gasteiger partial charge < -0.3 is 14.8 Å². The maximum atomic E-state index is 12.1. The van der Waals surface area contributed by atoms with Crippen molar-refractivity contribution in [3.63, 3.8) is 0 Å². The molecule has 0 saturated heterocycles. The molecule has 30 heavy (non-hydrogen) atoms. The molecule has 0 unspecified atom stereocenters. The molecule has 0 atom stereocenters. The third-order valence-corrected chi connectivity index (χ3v) is 4.73. The zero-order chi connectivity index (χ0) is 21.3. The monoisotopic (exact) mass is 423 g/mol. The molecule has 0 aliphatic rings. The van der Waals surface area contributed by atoms with Gasteiger partial charge in [-0.2, -0.15) is 0 Å². The molecule has 6 heteroatoms. The van der Waals surface area contributed by atoms with Gasteiger partial charge in [0, 0.05) is 17.1 Å². The van der Waals surface area contributed by atoms with Gasteiger partial charge in [0.15, 0.2) is 11.5 Å². The summed E-state index contributed by atoms with van der Waals surface area (Å²) >= 11 is 5.80. The van der Waals surface area contributed by atoms with Crippen molar-refractivity contribution in [2.45, 2.75) is 13.0 Å². The maximum absolute atomic E-state index is 12.1. The molecule has 3 rings (SSSR count). The van der Waals surface area contributed by atoms with Crippen molar-refractivity contribution in [3.8, 4) is 11.5 Å². The fourth-order valence-corrected chi connectivity index (χ4v) is 2.98. The number of Topliss-reactive ketones (excluding diaryl/α,β-unsaturated/α-hetero) is 1. The summed E-state index contributed by atoms with van der Waals surface area (Å²) in [6.07, 6.45) is 0.551. The molecule has 3 aromatic rings. The summed E-state index contributed by atoms with van der Waals surface area (Å²) in [4.78, 5) is 24.2. The molecule has 0 bridgehead atoms. The minimum absolute atomic E-state index is 0.304. The zero-order valence-electron chi connectivity index (χ0n) is 16.6. The number of methoxy groups -OCH3 is 1. The van der Waals surface area contributed by atoms with Gasteiger partial charge >= 0.3 is 0 Å². The van der Waals surface area contributed by atoms with Crippen molar-refractivity contribution in [1.29, 1.82) is 0 Å². The molecule has 1 amide bonds. The van der Waals surface area contributed by atoms with Gasteiger partial charge in [-0.1, -0.05) is 48.0 Å². The second kappa shape index (κ2) is 10.5. The van der Waals surface area contributed by atoms with Crippen LogP contribution in [0.3, 0.4) is 0 Å². The quantitative estimate of drug-likeness (QED) is 0.407. The standard InChI is InChI=1S/C24H22ClNO4/c1-29-22-15-17(7-12-21(22)30-16-18-5-3-2-4-6-18)13-14-26-24(28)23(27)19-8-10-20(25)11-9-19/h2-12,15H,13-14,16H2,1H3,(H,26,28). The number of amides is 1. The van der Waals surface area contributed by atoms with E-state index in [1.54, 1.807) is 19.2 Å². The maximum Gasteiger partial charge on any atom is 0.292 e. The SMILES string of the molecule is COc1cc(CCNC(=O)C(=O)c2ccc(Cl)cc2)ccc1OCc1ccccc1. The lowest BCUT2D eigenvalue weighted by Gasteiger charge is -2.12. The molecule has 1 N–H and O–H groups in total. The largest absolute Gasteiger partial charge is 0.493 e. The lowest BCUT2D eigenvalue weighted by molar-refractivity contribution is -0.116. The molecule has 0 aliphatic carbocycles. The van der Waals surface area contributed by atoms with E-state index in [9.17, 15) is 9.59 Å². The summed E-state index contributed by atoms with van der Waals surface area (Å²) in [6, 6.07) is 21.7. The Hall–Kier alpha value is -3.31. The van der Waals surface area contributed by atoms with E-state index in [0.717, 1.165) is 11.1 Å². The van der Waals surface area contributed by atoms with E-state index in [1.165, 1.54) is 12.1 Å². The highest BCUT2D eigenvalue weighted by atomic mass is 35.5. The highest BCUT2D eigenvalue weighted by molar-refractivity contribution is 6.43. The summed E-state index contributed by atoms with van der Waals surface area (Å²) in [7, 11) is 1.58. The number of carbonyl (C=O) groups is 2. The van der Waals surface area contributed by atoms with Gasteiger partial charge in [-0.05, 0) is 53.9 Å². The summed E-state index contributed by atoms with van der Waals surface area (Å²) < 4.78 is 11.3. The molecule has 0 spiro atoms. The van der Waals surface area contributed by atoms with Crippen LogP contribution < -0.4 is 14.8 Å². The van der Waals surface area contributed by atoms with Crippen LogP contribution in [0.4, 0.5) is 0 Å². The van der Waals surface area contributed by atoms with Gasteiger partial charge in [0.05, 0.1) is 7.11 Å². The first kappa shape index (κ1) is 21.4. The topological polar surface area (TPSA) is 64.6 Å². The minimum atomic E-state index is -0.646. The van der Waals surface area contributed by atoms with Crippen molar-refractivity contribution in [1.82, 2.24) is 5.32 Å². The van der Waals surface area contributed by atoms with Crippen LogP contribution in [0, 0.1) is 0 Å². The Kier molecular flexibility index (Phi) is 7.46. The molecular formula is C24H22ClNO4. The molecule has 0 aromatic heterocycles. The summed E-state index contributed by atoms with van der Waals surface area (Å²) in [5.74, 6) is 0.0278. The number of nitrogens with one attached hydrogen (secondary N) is 1. The predicted molar refractivity (Wildman–Crippen MR) is 116 cm³/mol. The normalized spacial score (nSPS) is 10.3. The first-order chi connectivity index (χ1) is 14.6. The zero-order valence-corrected chi connectivity index (χ0v) is 17.3. The number of rotatable bonds is 9. The van der Waals surface area contributed by atoms with E-state index >= 15 is 0 Å². The van der Waals surface area contributed by atoms with Gasteiger partial charge in [-0.25, -0.2) is 0 Å². The average molecular weight is 424 g/mol. The van der Waals surface area contributed by atoms with E-state index in [4.69, 9.17) is 21.1 Å². The van der Waals surface area contributed by atoms with Crippen LogP contribution in [-0.2, 0) is 17.8 Å². The van der Waals surface area contributed by atoms with Crippen LogP contribution in [0.15, 0.2) is 72.8 Å². The molecular weight excluding hydrogens is 402 g/mol. The average Bonchev–Trinajstić information content (AvgIpc) is 2.78. The molecule has 0 fully saturated rings. The number of halogens is 1. The first-order valence-corrected chi connectivity index (χ1v) is 9.86. The smallest absolute Gasteiger partial charge is 0.292 e. The van der Waals surface area contributed by atoms with Gasteiger partial charge in [0.2, 0.25) is 5.78 Å². The molecule has 0 radical (unpaired) electrons. The fourth-order valence-electron chi connectivity index (χ4n) is 2.86. The van der Waals surface area contributed by atoms with Crippen molar-refractivity contribution >= 4 is 23.3 Å². The number of hydrogen-bond acceptors (Lipinski definition) is 4. The van der Waals surface area contributed by atoms with Gasteiger partial charge in [-0.3, -0.25) is 9.59 Å². The third-order valence-electron chi connectivity index (χ3n) is 4.48. The third kappa shape index (κ3) is 5.84. The van der Waals surface area contributed by atoms with E-state index in [-0.39, 0.29) is 0 Å². The molecule has 3 aromatic carbocycles. The van der Waals surface area contributed by atoms with Crippen LogP contribution in [-0.4, -0.2) is 25.3 Å². The first-order valence-electron chi connectivity index (χ1n) is 9.48. The molecule has 0 heterocycles. The highest BCUT2D eigenvalue weighted by Crippen LogP contribution is 2.29. The molecule has 0 saturated carbocycles. The van der Waals surface area contributed by atoms with Gasteiger partial charge in [0.25, 0.3) is 5.91 Å². The van der Waals surface area contributed by atoms with E-state index < -0.39 is 11.7 Å². The number of hydrogen-bond donors (Lipinski definition) is 1. The lowest BCUT2D eigenvalue weighted by atomic mass is 10.1. The highest BCUT2D eigenvalue weighted by Gasteiger charge is 2.15. The minimum Gasteiger partial charge on any atom is -0.493 e. The second-order valence-corrected chi connectivity index (χ2v) is 7.04. The number of carbonyl (C=O) groups excluding carboxylic acids is 2. The summed E-state index contributed by atoms with van der Waals surface area (Å²) in [5, 5.41) is 3.16. The van der Waals surface area contributed by atoms with Crippen LogP contribution in [0.2, 0.25) is 5.02 Å². The Morgan fingerprint density at radius 2 is 1.63 bits per heavy atom. The summed E-state index contributed by atoms with van der Waals surface area (Å²) in [5.41, 5.74) is 2.33. The van der Waals surface area contributed by atoms with E-state index in [2.05, 4.69) is 5.32 Å². The molecule has 154 valence electrons.